The molecule has 526 valence electrons. The van der Waals surface area contributed by atoms with Crippen molar-refractivity contribution in [2.24, 2.45) is 41.4 Å². The van der Waals surface area contributed by atoms with Gasteiger partial charge in [0.1, 0.15) is 54.4 Å². The molecular weight excluding hydrogens is 1200 g/mol. The molecule has 25 nitrogen and oxygen atoms in total. The van der Waals surface area contributed by atoms with E-state index < -0.39 is 174 Å². The topological polar surface area (TPSA) is 305 Å². The van der Waals surface area contributed by atoms with Crippen LogP contribution in [0.1, 0.15) is 156 Å². The Kier molecular flexibility index (Phi) is 32.5. The number of halogens is 3. The molecule has 0 aromatic rings. The van der Waals surface area contributed by atoms with Gasteiger partial charge in [0.2, 0.25) is 59.1 Å². The number of hydrogen-bond acceptors (Lipinski definition) is 14. The molecular formula is C64H110F3N11O14. The number of nitrogens with zero attached hydrogens (tertiary/aromatic N) is 7. The van der Waals surface area contributed by atoms with Crippen LogP contribution in [-0.4, -0.2) is 239 Å². The molecule has 5 N–H and O–H groups in total. The number of alkyl halides is 3. The van der Waals surface area contributed by atoms with E-state index in [0.717, 1.165) is 33.7 Å². The van der Waals surface area contributed by atoms with E-state index in [0.29, 0.717) is 9.80 Å². The van der Waals surface area contributed by atoms with E-state index in [1.54, 1.807) is 74.5 Å². The first kappa shape index (κ1) is 83.1. The van der Waals surface area contributed by atoms with Gasteiger partial charge in [0, 0.05) is 55.3 Å². The largest absolute Gasteiger partial charge is 0.491 e. The predicted molar refractivity (Wildman–Crippen MR) is 340 cm³/mol. The monoisotopic (exact) mass is 1310 g/mol. The molecule has 1 rings (SSSR count). The molecule has 1 aliphatic rings. The number of rotatable bonds is 16. The number of esters is 1. The molecule has 1 saturated heterocycles. The van der Waals surface area contributed by atoms with E-state index in [-0.39, 0.29) is 56.3 Å². The first-order valence-corrected chi connectivity index (χ1v) is 31.9. The van der Waals surface area contributed by atoms with Crippen molar-refractivity contribution < 1.29 is 80.5 Å². The molecule has 1 heterocycles. The summed E-state index contributed by atoms with van der Waals surface area (Å²) < 4.78 is 49.2. The fourth-order valence-corrected chi connectivity index (χ4v) is 11.0. The number of aliphatic hydroxyl groups is 1. The zero-order valence-electron chi connectivity index (χ0n) is 58.9. The third kappa shape index (κ3) is 21.9. The number of aliphatic hydroxyl groups excluding tert-OH is 1. The van der Waals surface area contributed by atoms with Gasteiger partial charge in [-0.05, 0) is 94.8 Å². The lowest BCUT2D eigenvalue weighted by atomic mass is 9.89. The fourth-order valence-electron chi connectivity index (χ4n) is 11.0. The first-order chi connectivity index (χ1) is 42.2. The second-order valence-electron chi connectivity index (χ2n) is 27.1. The minimum absolute atomic E-state index is 0.0447. The summed E-state index contributed by atoms with van der Waals surface area (Å²) in [5, 5.41) is 22.8. The summed E-state index contributed by atoms with van der Waals surface area (Å²) in [6.45, 7) is 26.4. The SMILES string of the molecule is C/C=C/C[C@@H](C)[C@@H](O)[C@H]1C(=O)N[C@@H](CC)C(=O)N(C)CC(=O)N(C)[C@@H](CC(C)C)C(=O)N[C@@H](C(C)C)C(=O)N(C)[C@@H](CC(C)C)C(=O)N[C@@H](C)C(=O)N[C@H](C)C(=O)N(C)[C@@H](CC(C)C)C(=O)N(C)[C@@H](CC(C)C)C(=O)N(C)[C@](OC(=O)C(F)(F)F)(C(C)C)C(=O)N1C. The van der Waals surface area contributed by atoms with Crippen LogP contribution < -0.4 is 21.3 Å². The first-order valence-electron chi connectivity index (χ1n) is 31.9. The smallest absolute Gasteiger partial charge is 0.422 e. The van der Waals surface area contributed by atoms with Crippen molar-refractivity contribution in [2.45, 2.75) is 229 Å². The van der Waals surface area contributed by atoms with Crippen LogP contribution in [0.4, 0.5) is 13.2 Å². The minimum atomic E-state index is -5.80. The molecule has 1 aliphatic heterocycles. The van der Waals surface area contributed by atoms with E-state index in [4.69, 9.17) is 4.74 Å². The van der Waals surface area contributed by atoms with Crippen LogP contribution in [0.15, 0.2) is 12.2 Å². The maximum Gasteiger partial charge on any atom is 0.491 e. The van der Waals surface area contributed by atoms with Gasteiger partial charge >= 0.3 is 12.1 Å². The van der Waals surface area contributed by atoms with Crippen LogP contribution in [0.25, 0.3) is 0 Å². The average Bonchev–Trinajstić information content (AvgIpc) is 0.752. The van der Waals surface area contributed by atoms with Crippen LogP contribution in [0.2, 0.25) is 0 Å². The normalized spacial score (nSPS) is 26.7. The van der Waals surface area contributed by atoms with Crippen molar-refractivity contribution in [2.75, 3.05) is 55.9 Å². The van der Waals surface area contributed by atoms with Crippen LogP contribution in [0.3, 0.4) is 0 Å². The number of carbonyl (C=O) groups excluding carboxylic acids is 12. The zero-order chi connectivity index (χ0) is 71.7. The summed E-state index contributed by atoms with van der Waals surface area (Å²) in [6.07, 6.45) is -4.66. The highest BCUT2D eigenvalue weighted by atomic mass is 19.4. The summed E-state index contributed by atoms with van der Waals surface area (Å²) in [4.78, 5) is 181. The fraction of sp³-hybridized carbons (Fsp3) is 0.781. The molecule has 28 heteroatoms. The van der Waals surface area contributed by atoms with Crippen molar-refractivity contribution in [1.29, 1.82) is 0 Å². The number of amides is 11. The van der Waals surface area contributed by atoms with Crippen LogP contribution in [0.5, 0.6) is 0 Å². The number of ether oxygens (including phenoxy) is 1. The highest BCUT2D eigenvalue weighted by Gasteiger charge is 2.59. The van der Waals surface area contributed by atoms with Crippen LogP contribution >= 0.6 is 0 Å². The summed E-state index contributed by atoms with van der Waals surface area (Å²) in [6, 6.07) is -13.1. The Labute approximate surface area is 543 Å². The van der Waals surface area contributed by atoms with Crippen molar-refractivity contribution >= 4 is 70.9 Å². The van der Waals surface area contributed by atoms with Gasteiger partial charge in [0.25, 0.3) is 11.6 Å². The summed E-state index contributed by atoms with van der Waals surface area (Å²) >= 11 is 0. The highest BCUT2D eigenvalue weighted by Crippen LogP contribution is 2.35. The van der Waals surface area contributed by atoms with E-state index in [1.807, 2.05) is 13.8 Å². The molecule has 0 aromatic carbocycles. The van der Waals surface area contributed by atoms with E-state index >= 15 is 14.4 Å². The molecule has 0 radical (unpaired) electrons. The lowest BCUT2D eigenvalue weighted by Gasteiger charge is -2.47. The van der Waals surface area contributed by atoms with Gasteiger partial charge in [0.05, 0.1) is 12.6 Å². The van der Waals surface area contributed by atoms with Crippen LogP contribution in [-0.2, 0) is 62.3 Å². The van der Waals surface area contributed by atoms with Crippen LogP contribution in [0, 0.1) is 41.4 Å². The van der Waals surface area contributed by atoms with Gasteiger partial charge in [-0.15, -0.1) is 0 Å². The molecule has 0 bridgehead atoms. The Morgan fingerprint density at radius 1 is 0.576 bits per heavy atom. The molecule has 0 aliphatic carbocycles. The van der Waals surface area contributed by atoms with Gasteiger partial charge < -0.3 is 60.5 Å². The lowest BCUT2D eigenvalue weighted by molar-refractivity contribution is -0.239. The van der Waals surface area contributed by atoms with Gasteiger partial charge in [-0.2, -0.15) is 13.2 Å². The lowest BCUT2D eigenvalue weighted by Crippen LogP contribution is -2.70. The average molecular weight is 1310 g/mol. The Bertz CT molecular complexity index is 2620. The van der Waals surface area contributed by atoms with Gasteiger partial charge in [-0.1, -0.05) is 109 Å². The summed E-state index contributed by atoms with van der Waals surface area (Å²) in [5.74, 6) is -17.7. The maximum absolute atomic E-state index is 15.7. The van der Waals surface area contributed by atoms with Gasteiger partial charge in [-0.25, -0.2) is 4.79 Å². The van der Waals surface area contributed by atoms with Crippen molar-refractivity contribution in [1.82, 2.24) is 55.6 Å². The van der Waals surface area contributed by atoms with Gasteiger partial charge in [-0.3, -0.25) is 57.6 Å². The second kappa shape index (κ2) is 36.0. The third-order valence-corrected chi connectivity index (χ3v) is 16.8. The number of carbonyl (C=O) groups is 12. The summed E-state index contributed by atoms with van der Waals surface area (Å²) in [7, 11) is 8.28. The number of likely N-dealkylation sites (N-methyl/N-ethyl adjacent to an activating group) is 7. The Hall–Kier alpha value is -6.87. The number of nitrogens with one attached hydrogen (secondary N) is 4. The highest BCUT2D eigenvalue weighted by molar-refractivity contribution is 6.01. The second-order valence-corrected chi connectivity index (χ2v) is 27.1. The predicted octanol–water partition coefficient (Wildman–Crippen LogP) is 3.70. The van der Waals surface area contributed by atoms with Crippen molar-refractivity contribution in [3.05, 3.63) is 12.2 Å². The molecule has 0 aromatic heterocycles. The maximum atomic E-state index is 15.7. The van der Waals surface area contributed by atoms with Gasteiger partial charge in [0.15, 0.2) is 0 Å². The quantitative estimate of drug-likeness (QED) is 0.109. The zero-order valence-corrected chi connectivity index (χ0v) is 58.9. The molecule has 92 heavy (non-hydrogen) atoms. The molecule has 0 spiro atoms. The van der Waals surface area contributed by atoms with Crippen molar-refractivity contribution in [3.8, 4) is 0 Å². The molecule has 12 atom stereocenters. The Morgan fingerprint density at radius 3 is 1.46 bits per heavy atom. The molecule has 0 saturated carbocycles. The Balaban J connectivity index is 4.62. The van der Waals surface area contributed by atoms with Crippen molar-refractivity contribution in [3.63, 3.8) is 0 Å². The van der Waals surface area contributed by atoms with E-state index in [9.17, 15) is 61.4 Å². The molecule has 11 amide bonds. The standard InChI is InChI=1S/C64H110F3N11O14/c1-25-27-28-40(15)51(80)50-55(84)70-43(26-2)57(86)72(18)33-48(79)73(19)44(29-34(3)4)54(83)71-49(38(11)12)60(89)74(20)45(30-35(5)6)53(82)68-41(16)52(81)69-42(17)56(85)75(21)46(31-36(7)8)58(87)76(22)47(32-37(9)10)59(88)78(24)63(39(13)14,61(90)77(50)23)92-62(91)64(65,66)67/h25,27,34-47,49-51,80H,26,28-33H2,1-24H3,(H,68,82)(H,69,81)(H,70,84)(H,71,83)/b27-25+/t40-,41+,42-,43+,44+,45+,46+,47+,49+,50+,51-,63+/m1/s1. The number of allylic oxidation sites excluding steroid dienone is 2. The number of hydrogen-bond donors (Lipinski definition) is 5. The van der Waals surface area contributed by atoms with E-state index in [1.165, 1.54) is 81.7 Å². The third-order valence-electron chi connectivity index (χ3n) is 16.8. The molecule has 1 fully saturated rings. The minimum Gasteiger partial charge on any atom is -0.422 e. The van der Waals surface area contributed by atoms with E-state index in [2.05, 4.69) is 21.3 Å². The molecule has 0 unspecified atom stereocenters. The Morgan fingerprint density at radius 2 is 1.01 bits per heavy atom. The summed E-state index contributed by atoms with van der Waals surface area (Å²) in [5.41, 5.74) is -3.33.